The van der Waals surface area contributed by atoms with E-state index in [-0.39, 0.29) is 12.0 Å². The minimum absolute atomic E-state index is 0.0648. The van der Waals surface area contributed by atoms with Gasteiger partial charge in [0.25, 0.3) is 0 Å². The van der Waals surface area contributed by atoms with Crippen molar-refractivity contribution in [3.8, 4) is 0 Å². The topological polar surface area (TPSA) is 12.9 Å². The van der Waals surface area contributed by atoms with Gasteiger partial charge in [0.15, 0.2) is 0 Å². The monoisotopic (exact) mass is 271 g/mol. The molecule has 0 radical (unpaired) electrons. The Bertz CT molecular complexity index is 552. The molecule has 5 heteroatoms. The Morgan fingerprint density at radius 1 is 1.06 bits per heavy atom. The van der Waals surface area contributed by atoms with E-state index in [1.165, 1.54) is 18.3 Å². The molecule has 1 aromatic carbocycles. The van der Waals surface area contributed by atoms with Gasteiger partial charge >= 0.3 is 6.18 Å². The van der Waals surface area contributed by atoms with Crippen molar-refractivity contribution in [2.75, 3.05) is 0 Å². The maximum absolute atomic E-state index is 12.8. The van der Waals surface area contributed by atoms with Crippen molar-refractivity contribution in [1.82, 2.24) is 4.98 Å². The molecule has 18 heavy (non-hydrogen) atoms. The first-order valence-electron chi connectivity index (χ1n) is 5.23. The molecule has 0 bridgehead atoms. The molecule has 1 aromatic heterocycles. The zero-order chi connectivity index (χ0) is 13.2. The summed E-state index contributed by atoms with van der Waals surface area (Å²) >= 11 is 5.90. The van der Waals surface area contributed by atoms with E-state index in [4.69, 9.17) is 11.6 Å². The number of hydrogen-bond donors (Lipinski definition) is 0. The van der Waals surface area contributed by atoms with Crippen LogP contribution in [0.5, 0.6) is 0 Å². The highest BCUT2D eigenvalue weighted by Crippen LogP contribution is 2.33. The van der Waals surface area contributed by atoms with E-state index in [1.54, 1.807) is 18.2 Å². The first-order valence-corrected chi connectivity index (χ1v) is 5.61. The number of nitrogens with zero attached hydrogens (tertiary/aromatic N) is 1. The molecular weight excluding hydrogens is 263 g/mol. The molecule has 2 aromatic rings. The third kappa shape index (κ3) is 2.82. The molecule has 0 aliphatic rings. The second-order valence-electron chi connectivity index (χ2n) is 3.76. The van der Waals surface area contributed by atoms with Gasteiger partial charge in [-0.2, -0.15) is 13.2 Å². The molecule has 0 atom stereocenters. The summed E-state index contributed by atoms with van der Waals surface area (Å²) in [6, 6.07) is 8.69. The molecule has 0 amide bonds. The third-order valence-corrected chi connectivity index (χ3v) is 2.86. The molecule has 1 heterocycles. The number of aromatic nitrogens is 1. The Morgan fingerprint density at radius 2 is 1.78 bits per heavy atom. The van der Waals surface area contributed by atoms with Gasteiger partial charge < -0.3 is 0 Å². The maximum atomic E-state index is 12.8. The van der Waals surface area contributed by atoms with Crippen molar-refractivity contribution in [3.05, 3.63) is 64.4 Å². The van der Waals surface area contributed by atoms with Crippen LogP contribution in [0.2, 0.25) is 5.02 Å². The molecule has 0 aliphatic carbocycles. The lowest BCUT2D eigenvalue weighted by atomic mass is 10.0. The lowest BCUT2D eigenvalue weighted by Crippen LogP contribution is -2.09. The van der Waals surface area contributed by atoms with E-state index in [0.717, 1.165) is 6.07 Å². The Morgan fingerprint density at radius 3 is 2.44 bits per heavy atom. The SMILES string of the molecule is FC(F)(F)c1ccccc1Cc1ncccc1Cl. The molecule has 0 saturated carbocycles. The highest BCUT2D eigenvalue weighted by atomic mass is 35.5. The van der Waals surface area contributed by atoms with Crippen LogP contribution in [0.1, 0.15) is 16.8 Å². The van der Waals surface area contributed by atoms with E-state index in [0.29, 0.717) is 10.7 Å². The fourth-order valence-electron chi connectivity index (χ4n) is 1.68. The van der Waals surface area contributed by atoms with Gasteiger partial charge in [-0.15, -0.1) is 0 Å². The van der Waals surface area contributed by atoms with Crippen LogP contribution in [0.4, 0.5) is 13.2 Å². The molecule has 0 unspecified atom stereocenters. The normalized spacial score (nSPS) is 11.6. The first-order chi connectivity index (χ1) is 8.48. The summed E-state index contributed by atoms with van der Waals surface area (Å²) in [5.74, 6) is 0. The van der Waals surface area contributed by atoms with Crippen LogP contribution in [-0.2, 0) is 12.6 Å². The second-order valence-corrected chi connectivity index (χ2v) is 4.17. The summed E-state index contributed by atoms with van der Waals surface area (Å²) < 4.78 is 38.4. The predicted octanol–water partition coefficient (Wildman–Crippen LogP) is 4.34. The zero-order valence-electron chi connectivity index (χ0n) is 9.21. The van der Waals surface area contributed by atoms with E-state index in [1.807, 2.05) is 0 Å². The van der Waals surface area contributed by atoms with Gasteiger partial charge in [-0.3, -0.25) is 4.98 Å². The quantitative estimate of drug-likeness (QED) is 0.791. The van der Waals surface area contributed by atoms with Crippen LogP contribution in [-0.4, -0.2) is 4.98 Å². The van der Waals surface area contributed by atoms with E-state index < -0.39 is 11.7 Å². The highest BCUT2D eigenvalue weighted by molar-refractivity contribution is 6.31. The van der Waals surface area contributed by atoms with Crippen LogP contribution in [0, 0.1) is 0 Å². The van der Waals surface area contributed by atoms with Crippen molar-refractivity contribution in [2.45, 2.75) is 12.6 Å². The van der Waals surface area contributed by atoms with Crippen LogP contribution in [0.3, 0.4) is 0 Å². The average molecular weight is 272 g/mol. The summed E-state index contributed by atoms with van der Waals surface area (Å²) in [4.78, 5) is 4.00. The fraction of sp³-hybridized carbons (Fsp3) is 0.154. The largest absolute Gasteiger partial charge is 0.416 e. The van der Waals surface area contributed by atoms with Crippen molar-refractivity contribution < 1.29 is 13.2 Å². The smallest absolute Gasteiger partial charge is 0.259 e. The van der Waals surface area contributed by atoms with E-state index in [2.05, 4.69) is 4.98 Å². The van der Waals surface area contributed by atoms with E-state index >= 15 is 0 Å². The van der Waals surface area contributed by atoms with Crippen LogP contribution >= 0.6 is 11.6 Å². The fourth-order valence-corrected chi connectivity index (χ4v) is 1.87. The standard InChI is InChI=1S/C13H9ClF3N/c14-11-6-3-7-18-12(11)8-9-4-1-2-5-10(9)13(15,16)17/h1-7H,8H2. The van der Waals surface area contributed by atoms with Gasteiger partial charge in [0.05, 0.1) is 16.3 Å². The number of benzene rings is 1. The van der Waals surface area contributed by atoms with Crippen LogP contribution in [0.25, 0.3) is 0 Å². The average Bonchev–Trinajstić information content (AvgIpc) is 2.31. The second kappa shape index (κ2) is 4.98. The van der Waals surface area contributed by atoms with Gasteiger partial charge in [0.2, 0.25) is 0 Å². The number of pyridine rings is 1. The molecule has 0 N–H and O–H groups in total. The first kappa shape index (κ1) is 12.9. The minimum atomic E-state index is -4.36. The van der Waals surface area contributed by atoms with Crippen molar-refractivity contribution in [3.63, 3.8) is 0 Å². The Labute approximate surface area is 107 Å². The summed E-state index contributed by atoms with van der Waals surface area (Å²) in [5, 5.41) is 0.370. The van der Waals surface area contributed by atoms with E-state index in [9.17, 15) is 13.2 Å². The predicted molar refractivity (Wildman–Crippen MR) is 63.5 cm³/mol. The van der Waals surface area contributed by atoms with Gasteiger partial charge in [0, 0.05) is 12.6 Å². The van der Waals surface area contributed by atoms with Crippen molar-refractivity contribution in [1.29, 1.82) is 0 Å². The van der Waals surface area contributed by atoms with Crippen molar-refractivity contribution >= 4 is 11.6 Å². The number of rotatable bonds is 2. The molecule has 0 spiro atoms. The van der Waals surface area contributed by atoms with Gasteiger partial charge in [-0.05, 0) is 23.8 Å². The lowest BCUT2D eigenvalue weighted by Gasteiger charge is -2.12. The Balaban J connectivity index is 2.39. The molecule has 0 aliphatic heterocycles. The molecule has 1 nitrogen and oxygen atoms in total. The van der Waals surface area contributed by atoms with Gasteiger partial charge in [-0.1, -0.05) is 29.8 Å². The van der Waals surface area contributed by atoms with Crippen LogP contribution < -0.4 is 0 Å². The van der Waals surface area contributed by atoms with Crippen molar-refractivity contribution in [2.24, 2.45) is 0 Å². The molecular formula is C13H9ClF3N. The minimum Gasteiger partial charge on any atom is -0.259 e. The molecule has 2 rings (SSSR count). The van der Waals surface area contributed by atoms with Crippen LogP contribution in [0.15, 0.2) is 42.6 Å². The Kier molecular flexibility index (Phi) is 3.57. The third-order valence-electron chi connectivity index (χ3n) is 2.52. The number of alkyl halides is 3. The number of halogens is 4. The molecule has 94 valence electrons. The zero-order valence-corrected chi connectivity index (χ0v) is 9.96. The maximum Gasteiger partial charge on any atom is 0.416 e. The highest BCUT2D eigenvalue weighted by Gasteiger charge is 2.32. The van der Waals surface area contributed by atoms with Gasteiger partial charge in [0.1, 0.15) is 0 Å². The summed E-state index contributed by atoms with van der Waals surface area (Å²) in [5.41, 5.74) is -0.0341. The summed E-state index contributed by atoms with van der Waals surface area (Å²) in [7, 11) is 0. The lowest BCUT2D eigenvalue weighted by molar-refractivity contribution is -0.138. The molecule has 0 fully saturated rings. The molecule has 0 saturated heterocycles. The summed E-state index contributed by atoms with van der Waals surface area (Å²) in [6.07, 6.45) is -2.79. The van der Waals surface area contributed by atoms with Gasteiger partial charge in [-0.25, -0.2) is 0 Å². The number of hydrogen-bond acceptors (Lipinski definition) is 1. The Hall–Kier alpha value is -1.55. The summed E-state index contributed by atoms with van der Waals surface area (Å²) in [6.45, 7) is 0.